The normalized spacial score (nSPS) is 33.0. The van der Waals surface area contributed by atoms with Gasteiger partial charge in [-0.25, -0.2) is 0 Å². The number of carbonyl (C=O) groups is 1. The second-order valence-corrected chi connectivity index (χ2v) is 9.26. The summed E-state index contributed by atoms with van der Waals surface area (Å²) in [4.78, 5) is 12.2. The molecule has 0 amide bonds. The number of ether oxygens (including phenoxy) is 3. The molecule has 0 bridgehead atoms. The van der Waals surface area contributed by atoms with Crippen LogP contribution in [0.4, 0.5) is 0 Å². The quantitative estimate of drug-likeness (QED) is 0.259. The Hall–Kier alpha value is -2.73. The number of aryl methyl sites for hydroxylation is 1. The molecule has 1 heterocycles. The third-order valence-electron chi connectivity index (χ3n) is 6.75. The first-order chi connectivity index (χ1) is 16.5. The summed E-state index contributed by atoms with van der Waals surface area (Å²) in [6.45, 7) is 3.02. The van der Waals surface area contributed by atoms with Crippen molar-refractivity contribution in [1.29, 1.82) is 0 Å². The molecule has 1 saturated heterocycles. The van der Waals surface area contributed by atoms with Crippen molar-refractivity contribution in [2.75, 3.05) is 7.11 Å². The van der Waals surface area contributed by atoms with Gasteiger partial charge in [-0.05, 0) is 43.7 Å². The van der Waals surface area contributed by atoms with E-state index in [1.165, 1.54) is 26.2 Å². The molecular formula is C25H31NO9. The van der Waals surface area contributed by atoms with Crippen LogP contribution in [0.25, 0.3) is 10.8 Å². The minimum absolute atomic E-state index is 0.0129. The molecule has 4 rings (SSSR count). The Labute approximate surface area is 202 Å². The van der Waals surface area contributed by atoms with E-state index < -0.39 is 36.3 Å². The van der Waals surface area contributed by atoms with Crippen LogP contribution in [-0.2, 0) is 4.74 Å². The van der Waals surface area contributed by atoms with E-state index in [0.29, 0.717) is 23.1 Å². The van der Waals surface area contributed by atoms with Gasteiger partial charge in [0.05, 0.1) is 18.1 Å². The minimum atomic E-state index is -1.70. The van der Waals surface area contributed by atoms with Gasteiger partial charge < -0.3 is 45.5 Å². The lowest BCUT2D eigenvalue weighted by molar-refractivity contribution is -0.299. The molecule has 2 aromatic rings. The molecule has 1 fully saturated rings. The highest BCUT2D eigenvalue weighted by atomic mass is 16.7. The number of phenolic OH excluding ortho intramolecular Hbond substituents is 1. The Balaban J connectivity index is 1.77. The number of ketones is 1. The Morgan fingerprint density at radius 3 is 2.49 bits per heavy atom. The molecule has 7 atom stereocenters. The summed E-state index contributed by atoms with van der Waals surface area (Å²) in [6.07, 6.45) is -4.29. The third-order valence-corrected chi connectivity index (χ3v) is 6.75. The number of Topliss-reactive ketones (excluding diaryl/α,β-unsaturated/α-hetero) is 1. The molecule has 10 nitrogen and oxygen atoms in total. The minimum Gasteiger partial charge on any atom is -0.506 e. The molecule has 1 aliphatic carbocycles. The van der Waals surface area contributed by atoms with E-state index in [1.54, 1.807) is 25.1 Å². The number of rotatable bonds is 5. The van der Waals surface area contributed by atoms with Crippen molar-refractivity contribution in [2.24, 2.45) is 5.73 Å². The number of methoxy groups -OCH3 is 1. The standard InChI is InChI=1S/C25H31NO9/c1-11-8-13-9-15(33-3)10-16(18(13)19(28)17(11)12(2)27)34-24-22(31)20(29)21(30)23(35-24)25(32)6-4-14(26)5-7-25/h4,6,8-10,14,20-24,28-32H,5,7,26H2,1-3H3/t14-,20-,21-,22+,23-,24+,25-/m0/s1. The van der Waals surface area contributed by atoms with Crippen molar-refractivity contribution in [2.45, 2.75) is 69.0 Å². The van der Waals surface area contributed by atoms with Crippen LogP contribution < -0.4 is 15.2 Å². The smallest absolute Gasteiger partial charge is 0.229 e. The predicted octanol–water partition coefficient (Wildman–Crippen LogP) is 0.660. The SMILES string of the molecule is COc1cc(O[C@@H]2O[C@H]([C@]3(O)C=C[C@H](N)CC3)[C@@H](O)[C@H](O)[C@H]2O)c2c(O)c(C(C)=O)c(C)cc2c1. The molecule has 1 aliphatic heterocycles. The molecule has 2 aliphatic rings. The maximum absolute atomic E-state index is 12.2. The first-order valence-corrected chi connectivity index (χ1v) is 11.4. The second kappa shape index (κ2) is 9.38. The lowest BCUT2D eigenvalue weighted by atomic mass is 9.79. The van der Waals surface area contributed by atoms with Gasteiger partial charge in [0.1, 0.15) is 47.3 Å². The molecule has 0 saturated carbocycles. The average Bonchev–Trinajstić information content (AvgIpc) is 2.80. The zero-order valence-corrected chi connectivity index (χ0v) is 19.7. The van der Waals surface area contributed by atoms with Crippen LogP contribution in [-0.4, -0.2) is 80.8 Å². The van der Waals surface area contributed by atoms with Crippen LogP contribution in [0.1, 0.15) is 35.7 Å². The molecule has 7 N–H and O–H groups in total. The monoisotopic (exact) mass is 489 g/mol. The van der Waals surface area contributed by atoms with E-state index in [-0.39, 0.29) is 40.7 Å². The highest BCUT2D eigenvalue weighted by molar-refractivity contribution is 6.07. The van der Waals surface area contributed by atoms with Crippen LogP contribution in [0.3, 0.4) is 0 Å². The summed E-state index contributed by atoms with van der Waals surface area (Å²) in [7, 11) is 1.44. The van der Waals surface area contributed by atoms with Gasteiger partial charge in [0.2, 0.25) is 6.29 Å². The molecule has 0 radical (unpaired) electrons. The van der Waals surface area contributed by atoms with Crippen molar-refractivity contribution in [1.82, 2.24) is 0 Å². The maximum atomic E-state index is 12.2. The number of phenols is 1. The first kappa shape index (κ1) is 25.4. The molecule has 0 aromatic heterocycles. The first-order valence-electron chi connectivity index (χ1n) is 11.4. The Morgan fingerprint density at radius 1 is 1.17 bits per heavy atom. The van der Waals surface area contributed by atoms with Crippen LogP contribution in [0.5, 0.6) is 17.2 Å². The number of fused-ring (bicyclic) bond motifs is 1. The number of nitrogens with two attached hydrogens (primary N) is 1. The Kier molecular flexibility index (Phi) is 6.80. The van der Waals surface area contributed by atoms with Crippen molar-refractivity contribution < 1.29 is 44.5 Å². The third kappa shape index (κ3) is 4.49. The molecular weight excluding hydrogens is 458 g/mol. The van der Waals surface area contributed by atoms with E-state index in [0.717, 1.165) is 0 Å². The molecule has 35 heavy (non-hydrogen) atoms. The second-order valence-electron chi connectivity index (χ2n) is 9.26. The van der Waals surface area contributed by atoms with E-state index in [2.05, 4.69) is 0 Å². The molecule has 190 valence electrons. The fourth-order valence-electron chi connectivity index (χ4n) is 4.84. The van der Waals surface area contributed by atoms with Crippen molar-refractivity contribution in [3.05, 3.63) is 41.5 Å². The van der Waals surface area contributed by atoms with Crippen LogP contribution in [0, 0.1) is 6.92 Å². The van der Waals surface area contributed by atoms with Gasteiger partial charge >= 0.3 is 0 Å². The van der Waals surface area contributed by atoms with Crippen LogP contribution in [0.2, 0.25) is 0 Å². The number of hydrogen-bond acceptors (Lipinski definition) is 10. The van der Waals surface area contributed by atoms with E-state index >= 15 is 0 Å². The number of benzene rings is 2. The summed E-state index contributed by atoms with van der Waals surface area (Å²) in [5, 5.41) is 54.5. The maximum Gasteiger partial charge on any atom is 0.229 e. The fraction of sp³-hybridized carbons (Fsp3) is 0.480. The largest absolute Gasteiger partial charge is 0.506 e. The lowest BCUT2D eigenvalue weighted by Gasteiger charge is -2.46. The van der Waals surface area contributed by atoms with Gasteiger partial charge in [-0.3, -0.25) is 4.79 Å². The van der Waals surface area contributed by atoms with Gasteiger partial charge in [0, 0.05) is 12.1 Å². The molecule has 0 spiro atoms. The summed E-state index contributed by atoms with van der Waals surface area (Å²) >= 11 is 0. The van der Waals surface area contributed by atoms with Gasteiger partial charge in [0.25, 0.3) is 0 Å². The number of carbonyl (C=O) groups excluding carboxylic acids is 1. The van der Waals surface area contributed by atoms with Crippen molar-refractivity contribution in [3.8, 4) is 17.2 Å². The molecule has 2 aromatic carbocycles. The summed E-state index contributed by atoms with van der Waals surface area (Å²) in [6, 6.07) is 4.53. The van der Waals surface area contributed by atoms with Crippen molar-refractivity contribution >= 4 is 16.6 Å². The Bertz CT molecular complexity index is 1170. The van der Waals surface area contributed by atoms with E-state index in [1.807, 2.05) is 0 Å². The van der Waals surface area contributed by atoms with Gasteiger partial charge in [-0.2, -0.15) is 0 Å². The van der Waals surface area contributed by atoms with E-state index in [9.17, 15) is 30.3 Å². The zero-order chi connectivity index (χ0) is 25.7. The van der Waals surface area contributed by atoms with E-state index in [4.69, 9.17) is 19.9 Å². The van der Waals surface area contributed by atoms with Crippen molar-refractivity contribution in [3.63, 3.8) is 0 Å². The number of aromatic hydroxyl groups is 1. The number of aliphatic hydroxyl groups excluding tert-OH is 3. The average molecular weight is 490 g/mol. The Morgan fingerprint density at radius 2 is 1.89 bits per heavy atom. The topological polar surface area (TPSA) is 172 Å². The van der Waals surface area contributed by atoms with Crippen LogP contribution >= 0.6 is 0 Å². The summed E-state index contributed by atoms with van der Waals surface area (Å²) < 4.78 is 17.1. The number of aliphatic hydroxyl groups is 4. The highest BCUT2D eigenvalue weighted by Gasteiger charge is 2.53. The predicted molar refractivity (Wildman–Crippen MR) is 126 cm³/mol. The fourth-order valence-corrected chi connectivity index (χ4v) is 4.84. The van der Waals surface area contributed by atoms with Gasteiger partial charge in [-0.1, -0.05) is 18.2 Å². The van der Waals surface area contributed by atoms with Gasteiger partial charge in [0.15, 0.2) is 5.78 Å². The number of hydrogen-bond donors (Lipinski definition) is 6. The zero-order valence-electron chi connectivity index (χ0n) is 19.7. The highest BCUT2D eigenvalue weighted by Crippen LogP contribution is 2.42. The summed E-state index contributed by atoms with van der Waals surface area (Å²) in [5.41, 5.74) is 4.87. The lowest BCUT2D eigenvalue weighted by Crippen LogP contribution is -2.65. The summed E-state index contributed by atoms with van der Waals surface area (Å²) in [5.74, 6) is -0.276. The molecule has 0 unspecified atom stereocenters. The van der Waals surface area contributed by atoms with Crippen LogP contribution in [0.15, 0.2) is 30.4 Å². The molecule has 10 heteroatoms. The van der Waals surface area contributed by atoms with Gasteiger partial charge in [-0.15, -0.1) is 0 Å².